The van der Waals surface area contributed by atoms with Gasteiger partial charge in [-0.05, 0) is 12.5 Å². The van der Waals surface area contributed by atoms with Crippen molar-refractivity contribution in [2.24, 2.45) is 0 Å². The smallest absolute Gasteiger partial charge is 0.336 e. The first-order chi connectivity index (χ1) is 13.8. The van der Waals surface area contributed by atoms with Crippen LogP contribution in [0.5, 0.6) is 0 Å². The van der Waals surface area contributed by atoms with Crippen molar-refractivity contribution in [1.82, 2.24) is 19.4 Å². The summed E-state index contributed by atoms with van der Waals surface area (Å²) in [7, 11) is 0. The minimum absolute atomic E-state index is 0.0170. The summed E-state index contributed by atoms with van der Waals surface area (Å²) in [6.07, 6.45) is -11.0. The molecule has 1 aliphatic rings. The molecule has 3 heterocycles. The van der Waals surface area contributed by atoms with Crippen LogP contribution in [-0.4, -0.2) is 45.5 Å². The van der Waals surface area contributed by atoms with Crippen LogP contribution in [0, 0.1) is 6.92 Å². The van der Waals surface area contributed by atoms with Gasteiger partial charge in [-0.15, -0.1) is 11.3 Å². The van der Waals surface area contributed by atoms with Crippen LogP contribution in [0.25, 0.3) is 10.2 Å². The van der Waals surface area contributed by atoms with Gasteiger partial charge in [0.1, 0.15) is 11.4 Å². The third kappa shape index (κ3) is 4.47. The maximum atomic E-state index is 12.9. The molecule has 166 valence electrons. The van der Waals surface area contributed by atoms with Crippen LogP contribution in [-0.2, 0) is 19.6 Å². The molecule has 1 N–H and O–H groups in total. The summed E-state index contributed by atoms with van der Waals surface area (Å²) in [6.45, 7) is -0.654. The van der Waals surface area contributed by atoms with Gasteiger partial charge in [0, 0.05) is 24.5 Å². The zero-order chi connectivity index (χ0) is 22.4. The second-order valence-electron chi connectivity index (χ2n) is 6.79. The highest BCUT2D eigenvalue weighted by molar-refractivity contribution is 7.18. The summed E-state index contributed by atoms with van der Waals surface area (Å²) in [5.41, 5.74) is -2.45. The minimum atomic E-state index is -4.92. The molecule has 2 amide bonds. The van der Waals surface area contributed by atoms with E-state index in [9.17, 15) is 40.7 Å². The van der Waals surface area contributed by atoms with Gasteiger partial charge in [-0.25, -0.2) is 9.59 Å². The van der Waals surface area contributed by atoms with E-state index in [2.05, 4.69) is 5.32 Å². The molecular formula is C16H16F6N4O3S. The Morgan fingerprint density at radius 3 is 2.23 bits per heavy atom. The topological polar surface area (TPSA) is 76.3 Å². The predicted octanol–water partition coefficient (Wildman–Crippen LogP) is 2.57. The molecule has 0 atom stereocenters. The molecule has 1 saturated heterocycles. The molecule has 30 heavy (non-hydrogen) atoms. The van der Waals surface area contributed by atoms with Crippen molar-refractivity contribution < 1.29 is 31.1 Å². The lowest BCUT2D eigenvalue weighted by molar-refractivity contribution is -0.143. The number of hydrogen-bond donors (Lipinski definition) is 1. The fraction of sp³-hybridized carbons (Fsp3) is 0.562. The second-order valence-corrected chi connectivity index (χ2v) is 7.87. The Morgan fingerprint density at radius 2 is 1.70 bits per heavy atom. The lowest BCUT2D eigenvalue weighted by atomic mass is 10.2. The molecule has 0 aromatic carbocycles. The number of aromatic nitrogens is 2. The van der Waals surface area contributed by atoms with Crippen LogP contribution >= 0.6 is 11.3 Å². The number of amides is 2. The van der Waals surface area contributed by atoms with Crippen LogP contribution in [0.2, 0.25) is 0 Å². The van der Waals surface area contributed by atoms with Gasteiger partial charge in [-0.3, -0.25) is 13.9 Å². The largest absolute Gasteiger partial charge is 0.406 e. The molecular weight excluding hydrogens is 442 g/mol. The van der Waals surface area contributed by atoms with Crippen LogP contribution in [0.3, 0.4) is 0 Å². The van der Waals surface area contributed by atoms with Crippen LogP contribution in [0.15, 0.2) is 9.59 Å². The van der Waals surface area contributed by atoms with E-state index in [-0.39, 0.29) is 32.9 Å². The first kappa shape index (κ1) is 22.2. The highest BCUT2D eigenvalue weighted by atomic mass is 32.1. The van der Waals surface area contributed by atoms with E-state index >= 15 is 0 Å². The maximum Gasteiger partial charge on any atom is 0.406 e. The van der Waals surface area contributed by atoms with E-state index in [1.165, 1.54) is 11.8 Å². The van der Waals surface area contributed by atoms with Gasteiger partial charge in [-0.1, -0.05) is 0 Å². The fourth-order valence-corrected chi connectivity index (χ4v) is 4.51. The Kier molecular flexibility index (Phi) is 5.64. The number of carbonyl (C=O) groups is 1. The summed E-state index contributed by atoms with van der Waals surface area (Å²) in [4.78, 5) is 38.6. The lowest BCUT2D eigenvalue weighted by Gasteiger charge is -2.14. The predicted molar refractivity (Wildman–Crippen MR) is 95.6 cm³/mol. The standard InChI is InChI=1S/C16H16F6N4O3S/c1-8-9(6-24-5-3-23-13(24)28)30-12-10(8)11(27)26(7-16(20,21)22)14(29)25(12)4-2-15(17,18)19/h2-7H2,1H3,(H,23,28). The molecule has 2 aromatic heterocycles. The Labute approximate surface area is 168 Å². The van der Waals surface area contributed by atoms with Crippen molar-refractivity contribution >= 4 is 27.6 Å². The number of nitrogens with one attached hydrogen (secondary N) is 1. The number of carbonyl (C=O) groups excluding carboxylic acids is 1. The van der Waals surface area contributed by atoms with Gasteiger partial charge in [0.25, 0.3) is 5.56 Å². The number of alkyl halides is 6. The summed E-state index contributed by atoms with van der Waals surface area (Å²) < 4.78 is 77.3. The summed E-state index contributed by atoms with van der Waals surface area (Å²) in [5, 5.41) is 2.32. The van der Waals surface area contributed by atoms with Gasteiger partial charge < -0.3 is 10.2 Å². The molecule has 14 heteroatoms. The average molecular weight is 458 g/mol. The highest BCUT2D eigenvalue weighted by Gasteiger charge is 2.33. The maximum absolute atomic E-state index is 12.9. The molecule has 1 aliphatic heterocycles. The van der Waals surface area contributed by atoms with Crippen molar-refractivity contribution in [3.05, 3.63) is 31.3 Å². The van der Waals surface area contributed by atoms with Gasteiger partial charge in [0.05, 0.1) is 18.4 Å². The Balaban J connectivity index is 2.19. The molecule has 2 aromatic rings. The van der Waals surface area contributed by atoms with Gasteiger partial charge in [0.15, 0.2) is 0 Å². The molecule has 3 rings (SSSR count). The number of nitrogens with zero attached hydrogens (tertiary/aromatic N) is 3. The molecule has 1 fully saturated rings. The first-order valence-corrected chi connectivity index (χ1v) is 9.52. The van der Waals surface area contributed by atoms with E-state index in [0.717, 1.165) is 11.3 Å². The Morgan fingerprint density at radius 1 is 1.03 bits per heavy atom. The van der Waals surface area contributed by atoms with Crippen LogP contribution in [0.4, 0.5) is 31.1 Å². The molecule has 0 radical (unpaired) electrons. The van der Waals surface area contributed by atoms with E-state index < -0.39 is 43.1 Å². The molecule has 0 unspecified atom stereocenters. The number of aryl methyl sites for hydroxylation is 2. The molecule has 0 saturated carbocycles. The van der Waals surface area contributed by atoms with Gasteiger partial charge >= 0.3 is 24.1 Å². The third-order valence-corrected chi connectivity index (χ3v) is 5.93. The highest BCUT2D eigenvalue weighted by Crippen LogP contribution is 2.30. The summed E-state index contributed by atoms with van der Waals surface area (Å²) in [5.74, 6) is 0. The van der Waals surface area contributed by atoms with E-state index in [1.807, 2.05) is 0 Å². The average Bonchev–Trinajstić information content (AvgIpc) is 3.14. The molecule has 0 aliphatic carbocycles. The lowest BCUT2D eigenvalue weighted by Crippen LogP contribution is -2.43. The van der Waals surface area contributed by atoms with Crippen molar-refractivity contribution in [3.8, 4) is 0 Å². The third-order valence-electron chi connectivity index (χ3n) is 4.63. The molecule has 0 spiro atoms. The molecule has 0 bridgehead atoms. The summed E-state index contributed by atoms with van der Waals surface area (Å²) >= 11 is 0.824. The number of halogens is 6. The number of urea groups is 1. The Bertz CT molecular complexity index is 1100. The fourth-order valence-electron chi connectivity index (χ4n) is 3.18. The number of hydrogen-bond acceptors (Lipinski definition) is 4. The van der Waals surface area contributed by atoms with Crippen molar-refractivity contribution in [3.63, 3.8) is 0 Å². The normalized spacial score (nSPS) is 15.3. The second kappa shape index (κ2) is 7.63. The quantitative estimate of drug-likeness (QED) is 0.700. The Hall–Kier alpha value is -2.51. The SMILES string of the molecule is Cc1c(CN2CCNC2=O)sc2c1c(=O)n(CC(F)(F)F)c(=O)n2CCC(F)(F)F. The minimum Gasteiger partial charge on any atom is -0.336 e. The summed E-state index contributed by atoms with van der Waals surface area (Å²) in [6, 6.07) is -0.379. The van der Waals surface area contributed by atoms with E-state index in [1.54, 1.807) is 0 Å². The van der Waals surface area contributed by atoms with E-state index in [0.29, 0.717) is 22.5 Å². The van der Waals surface area contributed by atoms with Crippen LogP contribution < -0.4 is 16.6 Å². The number of thiophene rings is 1. The van der Waals surface area contributed by atoms with Gasteiger partial charge in [0.2, 0.25) is 0 Å². The number of fused-ring (bicyclic) bond motifs is 1. The van der Waals surface area contributed by atoms with Crippen molar-refractivity contribution in [1.29, 1.82) is 0 Å². The van der Waals surface area contributed by atoms with Crippen LogP contribution in [0.1, 0.15) is 16.9 Å². The van der Waals surface area contributed by atoms with Crippen molar-refractivity contribution in [2.75, 3.05) is 13.1 Å². The van der Waals surface area contributed by atoms with E-state index in [4.69, 9.17) is 0 Å². The zero-order valence-corrected chi connectivity index (χ0v) is 16.3. The number of rotatable bonds is 5. The molecule has 7 nitrogen and oxygen atoms in total. The van der Waals surface area contributed by atoms with Crippen molar-refractivity contribution in [2.45, 2.75) is 45.3 Å². The van der Waals surface area contributed by atoms with Gasteiger partial charge in [-0.2, -0.15) is 26.3 Å². The monoisotopic (exact) mass is 458 g/mol. The first-order valence-electron chi connectivity index (χ1n) is 8.70. The zero-order valence-electron chi connectivity index (χ0n) is 15.5.